The van der Waals surface area contributed by atoms with Gasteiger partial charge in [-0.05, 0) is 38.1 Å². The normalized spacial score (nSPS) is 12.4. The van der Waals surface area contributed by atoms with E-state index >= 15 is 0 Å². The van der Waals surface area contributed by atoms with E-state index in [-0.39, 0.29) is 11.9 Å². The molecule has 0 aliphatic heterocycles. The molecule has 1 aromatic carbocycles. The Morgan fingerprint density at radius 3 is 2.80 bits per heavy atom. The molecule has 1 heterocycles. The van der Waals surface area contributed by atoms with Crippen molar-refractivity contribution in [2.45, 2.75) is 26.3 Å². The van der Waals surface area contributed by atoms with Gasteiger partial charge in [0.05, 0.1) is 11.7 Å². The van der Waals surface area contributed by atoms with Crippen molar-refractivity contribution in [3.8, 4) is 0 Å². The maximum atomic E-state index is 13.9. The van der Waals surface area contributed by atoms with Gasteiger partial charge in [-0.15, -0.1) is 0 Å². The first-order chi connectivity index (χ1) is 9.61. The number of benzene rings is 1. The lowest BCUT2D eigenvalue weighted by Crippen LogP contribution is -2.24. The lowest BCUT2D eigenvalue weighted by Gasteiger charge is -2.18. The molecule has 1 N–H and O–H groups in total. The quantitative estimate of drug-likeness (QED) is 0.917. The number of likely N-dealkylation sites (N-methyl/N-ethyl adjacent to an activating group) is 1. The fraction of sp³-hybridized carbons (Fsp3) is 0.333. The SMILES string of the molecule is CCNC(Cc1c(F)cccc1Cl)c1ccnc(C)n1. The van der Waals surface area contributed by atoms with Crippen molar-refractivity contribution in [2.24, 2.45) is 0 Å². The second-order valence-corrected chi connectivity index (χ2v) is 4.95. The highest BCUT2D eigenvalue weighted by molar-refractivity contribution is 6.31. The predicted octanol–water partition coefficient (Wildman–Crippen LogP) is 3.47. The molecule has 0 aliphatic carbocycles. The first kappa shape index (κ1) is 14.9. The van der Waals surface area contributed by atoms with Crippen LogP contribution in [0.25, 0.3) is 0 Å². The zero-order valence-electron chi connectivity index (χ0n) is 11.5. The number of halogens is 2. The third kappa shape index (κ3) is 3.52. The van der Waals surface area contributed by atoms with Crippen molar-refractivity contribution in [3.05, 3.63) is 58.4 Å². The Kier molecular flexibility index (Phi) is 5.04. The van der Waals surface area contributed by atoms with Crippen LogP contribution in [0.1, 0.15) is 30.0 Å². The molecule has 0 saturated heterocycles. The standard InChI is InChI=1S/C15H17ClFN3/c1-3-18-15(14-7-8-19-10(2)20-14)9-11-12(16)5-4-6-13(11)17/h4-8,15,18H,3,9H2,1-2H3. The summed E-state index contributed by atoms with van der Waals surface area (Å²) in [5, 5.41) is 3.76. The molecule has 0 amide bonds. The van der Waals surface area contributed by atoms with Crippen LogP contribution in [0, 0.1) is 12.7 Å². The number of rotatable bonds is 5. The van der Waals surface area contributed by atoms with Crippen molar-refractivity contribution in [2.75, 3.05) is 6.54 Å². The van der Waals surface area contributed by atoms with Gasteiger partial charge in [-0.1, -0.05) is 24.6 Å². The van der Waals surface area contributed by atoms with E-state index in [0.717, 1.165) is 12.2 Å². The Bertz CT molecular complexity index is 569. The van der Waals surface area contributed by atoms with E-state index in [2.05, 4.69) is 15.3 Å². The van der Waals surface area contributed by atoms with Gasteiger partial charge in [0, 0.05) is 16.8 Å². The summed E-state index contributed by atoms with van der Waals surface area (Å²) in [5.74, 6) is 0.413. The van der Waals surface area contributed by atoms with Crippen molar-refractivity contribution in [1.82, 2.24) is 15.3 Å². The first-order valence-electron chi connectivity index (χ1n) is 6.57. The number of nitrogens with one attached hydrogen (secondary N) is 1. The summed E-state index contributed by atoms with van der Waals surface area (Å²) >= 11 is 6.09. The minimum atomic E-state index is -0.286. The molecule has 0 bridgehead atoms. The van der Waals surface area contributed by atoms with Crippen LogP contribution in [0.2, 0.25) is 5.02 Å². The average molecular weight is 294 g/mol. The number of hydrogen-bond acceptors (Lipinski definition) is 3. The summed E-state index contributed by atoms with van der Waals surface area (Å²) < 4.78 is 13.9. The topological polar surface area (TPSA) is 37.8 Å². The zero-order valence-corrected chi connectivity index (χ0v) is 12.3. The summed E-state index contributed by atoms with van der Waals surface area (Å²) in [7, 11) is 0. The summed E-state index contributed by atoms with van der Waals surface area (Å²) in [4.78, 5) is 8.49. The molecule has 2 rings (SSSR count). The maximum Gasteiger partial charge on any atom is 0.127 e. The molecule has 106 valence electrons. The van der Waals surface area contributed by atoms with Crippen LogP contribution >= 0.6 is 11.6 Å². The number of aromatic nitrogens is 2. The molecule has 1 aromatic heterocycles. The summed E-state index contributed by atoms with van der Waals surface area (Å²) in [6.07, 6.45) is 2.17. The second kappa shape index (κ2) is 6.77. The smallest absolute Gasteiger partial charge is 0.127 e. The van der Waals surface area contributed by atoms with Crippen LogP contribution in [-0.2, 0) is 6.42 Å². The first-order valence-corrected chi connectivity index (χ1v) is 6.95. The fourth-order valence-electron chi connectivity index (χ4n) is 2.13. The van der Waals surface area contributed by atoms with Gasteiger partial charge in [0.15, 0.2) is 0 Å². The van der Waals surface area contributed by atoms with E-state index in [9.17, 15) is 4.39 Å². The number of nitrogens with zero attached hydrogens (tertiary/aromatic N) is 2. The largest absolute Gasteiger partial charge is 0.309 e. The molecule has 3 nitrogen and oxygen atoms in total. The monoisotopic (exact) mass is 293 g/mol. The summed E-state index contributed by atoms with van der Waals surface area (Å²) in [6.45, 7) is 4.60. The van der Waals surface area contributed by atoms with E-state index in [1.54, 1.807) is 18.3 Å². The van der Waals surface area contributed by atoms with Gasteiger partial charge >= 0.3 is 0 Å². The van der Waals surface area contributed by atoms with Crippen LogP contribution in [0.5, 0.6) is 0 Å². The predicted molar refractivity (Wildman–Crippen MR) is 78.3 cm³/mol. The van der Waals surface area contributed by atoms with Crippen molar-refractivity contribution in [3.63, 3.8) is 0 Å². The molecular formula is C15H17ClFN3. The third-order valence-corrected chi connectivity index (χ3v) is 3.43. The number of aryl methyl sites for hydroxylation is 1. The van der Waals surface area contributed by atoms with Gasteiger partial charge in [0.25, 0.3) is 0 Å². The molecule has 5 heteroatoms. The van der Waals surface area contributed by atoms with Gasteiger partial charge in [0.1, 0.15) is 11.6 Å². The van der Waals surface area contributed by atoms with Crippen LogP contribution < -0.4 is 5.32 Å². The number of hydrogen-bond donors (Lipinski definition) is 1. The van der Waals surface area contributed by atoms with E-state index in [1.807, 2.05) is 19.9 Å². The van der Waals surface area contributed by atoms with Crippen LogP contribution in [0.15, 0.2) is 30.5 Å². The molecule has 20 heavy (non-hydrogen) atoms. The van der Waals surface area contributed by atoms with Crippen molar-refractivity contribution < 1.29 is 4.39 Å². The molecule has 2 aromatic rings. The van der Waals surface area contributed by atoms with E-state index in [0.29, 0.717) is 22.8 Å². The zero-order chi connectivity index (χ0) is 14.5. The molecule has 0 fully saturated rings. The van der Waals surface area contributed by atoms with E-state index in [1.165, 1.54) is 6.07 Å². The molecule has 1 atom stereocenters. The second-order valence-electron chi connectivity index (χ2n) is 4.54. The minimum absolute atomic E-state index is 0.0869. The Hall–Kier alpha value is -1.52. The molecule has 0 radical (unpaired) electrons. The van der Waals surface area contributed by atoms with Gasteiger partial charge < -0.3 is 5.32 Å². The van der Waals surface area contributed by atoms with Crippen LogP contribution in [-0.4, -0.2) is 16.5 Å². The Labute approximate surface area is 123 Å². The Morgan fingerprint density at radius 2 is 2.15 bits per heavy atom. The van der Waals surface area contributed by atoms with Gasteiger partial charge in [-0.3, -0.25) is 0 Å². The van der Waals surface area contributed by atoms with Crippen molar-refractivity contribution >= 4 is 11.6 Å². The average Bonchev–Trinajstić information content (AvgIpc) is 2.42. The maximum absolute atomic E-state index is 13.9. The van der Waals surface area contributed by atoms with Crippen LogP contribution in [0.4, 0.5) is 4.39 Å². The highest BCUT2D eigenvalue weighted by Crippen LogP contribution is 2.25. The molecule has 0 aliphatic rings. The summed E-state index contributed by atoms with van der Waals surface area (Å²) in [5.41, 5.74) is 1.36. The fourth-order valence-corrected chi connectivity index (χ4v) is 2.37. The highest BCUT2D eigenvalue weighted by atomic mass is 35.5. The third-order valence-electron chi connectivity index (χ3n) is 3.08. The lowest BCUT2D eigenvalue weighted by atomic mass is 10.0. The molecular weight excluding hydrogens is 277 g/mol. The molecule has 0 saturated carbocycles. The van der Waals surface area contributed by atoms with Crippen molar-refractivity contribution in [1.29, 1.82) is 0 Å². The molecule has 1 unspecified atom stereocenters. The molecule has 0 spiro atoms. The highest BCUT2D eigenvalue weighted by Gasteiger charge is 2.17. The van der Waals surface area contributed by atoms with Gasteiger partial charge in [-0.2, -0.15) is 0 Å². The van der Waals surface area contributed by atoms with Gasteiger partial charge in [-0.25, -0.2) is 14.4 Å². The van der Waals surface area contributed by atoms with Gasteiger partial charge in [0.2, 0.25) is 0 Å². The summed E-state index contributed by atoms with van der Waals surface area (Å²) in [6, 6.07) is 6.49. The minimum Gasteiger partial charge on any atom is -0.309 e. The Balaban J connectivity index is 2.30. The van der Waals surface area contributed by atoms with E-state index in [4.69, 9.17) is 11.6 Å². The van der Waals surface area contributed by atoms with Crippen LogP contribution in [0.3, 0.4) is 0 Å². The lowest BCUT2D eigenvalue weighted by molar-refractivity contribution is 0.516. The Morgan fingerprint density at radius 1 is 1.35 bits per heavy atom. The van der Waals surface area contributed by atoms with E-state index < -0.39 is 0 Å².